The Morgan fingerprint density at radius 3 is 1.63 bits per heavy atom. The molecule has 0 amide bonds. The van der Waals surface area contributed by atoms with Crippen LogP contribution in [0.1, 0.15) is 20.7 Å². The van der Waals surface area contributed by atoms with Gasteiger partial charge in [0.2, 0.25) is 11.6 Å². The number of carbonyl (C=O) groups excluding carboxylic acids is 2. The number of nitrogens with two attached hydrogens (primary N) is 2. The van der Waals surface area contributed by atoms with E-state index in [1.54, 1.807) is 36.7 Å². The van der Waals surface area contributed by atoms with Crippen LogP contribution in [0.2, 0.25) is 0 Å². The molecule has 1 heterocycles. The number of aromatic nitrogens is 2. The summed E-state index contributed by atoms with van der Waals surface area (Å²) in [5.74, 6) is -0.846. The van der Waals surface area contributed by atoms with E-state index in [0.29, 0.717) is 24.2 Å². The Balaban J connectivity index is 0.000000163. The Bertz CT molecular complexity index is 1980. The zero-order chi connectivity index (χ0) is 30.9. The van der Waals surface area contributed by atoms with E-state index in [2.05, 4.69) is 72.2 Å². The first-order valence-electron chi connectivity index (χ1n) is 12.8. The summed E-state index contributed by atoms with van der Waals surface area (Å²) in [5, 5.41) is 4.71. The second-order valence-corrected chi connectivity index (χ2v) is 11.1. The van der Waals surface area contributed by atoms with Crippen LogP contribution < -0.4 is 11.5 Å². The maximum absolute atomic E-state index is 11.9. The van der Waals surface area contributed by atoms with E-state index in [4.69, 9.17) is 19.1 Å². The molecule has 43 heavy (non-hydrogen) atoms. The molecule has 1 aromatic heterocycles. The first-order chi connectivity index (χ1) is 20.9. The Labute approximate surface area is 269 Å². The number of fused-ring (bicyclic) bond motifs is 9. The van der Waals surface area contributed by atoms with Crippen molar-refractivity contribution >= 4 is 76.0 Å². The monoisotopic (exact) mass is 741 g/mol. The standard InChI is InChI=1S/C16H9BrN2.C14H7BrO2.C2H8N2.Mn.2O/c17-10-5-6-13-14(9-10)11-3-1-2-4-12(11)15-16(13)19-8-7-18-15;15-8-5-6-11-12(7-8)9-3-1-2-4-10(9)13(16)14(11)17;3-1-2-4;;;/h1-9H;1-7H;1-4H2;;;. The minimum absolute atomic E-state index is 0.421. The Morgan fingerprint density at radius 2 is 1.02 bits per heavy atom. The summed E-state index contributed by atoms with van der Waals surface area (Å²) in [7, 11) is 0. The third-order valence-corrected chi connectivity index (χ3v) is 7.45. The molecule has 1 aliphatic rings. The molecule has 0 atom stereocenters. The van der Waals surface area contributed by atoms with E-state index in [1.165, 1.54) is 10.8 Å². The van der Waals surface area contributed by atoms with Gasteiger partial charge < -0.3 is 11.5 Å². The molecule has 0 unspecified atom stereocenters. The molecule has 5 aromatic carbocycles. The van der Waals surface area contributed by atoms with Crippen molar-refractivity contribution in [2.24, 2.45) is 11.5 Å². The van der Waals surface area contributed by atoms with Gasteiger partial charge in [0, 0.05) is 56.3 Å². The molecule has 11 heteroatoms. The molecule has 0 spiro atoms. The van der Waals surface area contributed by atoms with Crippen LogP contribution in [0, 0.1) is 0 Å². The van der Waals surface area contributed by atoms with Crippen LogP contribution >= 0.6 is 31.9 Å². The fourth-order valence-corrected chi connectivity index (χ4v) is 5.42. The quantitative estimate of drug-likeness (QED) is 0.106. The van der Waals surface area contributed by atoms with Gasteiger partial charge in [-0.1, -0.05) is 86.5 Å². The molecule has 6 aromatic rings. The van der Waals surface area contributed by atoms with Crippen LogP contribution in [0.5, 0.6) is 0 Å². The van der Waals surface area contributed by atoms with Crippen molar-refractivity contribution in [3.8, 4) is 11.1 Å². The van der Waals surface area contributed by atoms with Crippen LogP contribution in [-0.2, 0) is 22.5 Å². The van der Waals surface area contributed by atoms with Gasteiger partial charge >= 0.3 is 22.5 Å². The average Bonchev–Trinajstić information content (AvgIpc) is 3.04. The summed E-state index contributed by atoms with van der Waals surface area (Å²) in [6.45, 7) is 1.19. The third-order valence-electron chi connectivity index (χ3n) is 6.47. The Kier molecular flexibility index (Phi) is 11.4. The van der Waals surface area contributed by atoms with Crippen LogP contribution in [0.3, 0.4) is 0 Å². The Morgan fingerprint density at radius 1 is 0.558 bits per heavy atom. The number of ketones is 2. The van der Waals surface area contributed by atoms with Crippen molar-refractivity contribution in [1.29, 1.82) is 0 Å². The van der Waals surface area contributed by atoms with Gasteiger partial charge in [-0.15, -0.1) is 0 Å². The van der Waals surface area contributed by atoms with Gasteiger partial charge in [0.25, 0.3) is 0 Å². The van der Waals surface area contributed by atoms with Gasteiger partial charge in [-0.25, -0.2) is 0 Å². The second-order valence-electron chi connectivity index (χ2n) is 9.02. The molecular formula is C32H24Br2MnN4O4. The molecule has 4 N–H and O–H groups in total. The molecule has 7 rings (SSSR count). The van der Waals surface area contributed by atoms with Crippen molar-refractivity contribution in [2.45, 2.75) is 0 Å². The van der Waals surface area contributed by atoms with Crippen LogP contribution in [0.25, 0.3) is 43.7 Å². The van der Waals surface area contributed by atoms with Gasteiger partial charge in [-0.2, -0.15) is 0 Å². The van der Waals surface area contributed by atoms with Crippen molar-refractivity contribution in [1.82, 2.24) is 9.97 Å². The molecular weight excluding hydrogens is 719 g/mol. The Hall–Kier alpha value is -3.70. The summed E-state index contributed by atoms with van der Waals surface area (Å²) >= 11 is 5.49. The topological polar surface area (TPSA) is 146 Å². The number of nitrogens with zero attached hydrogens (tertiary/aromatic N) is 2. The predicted octanol–water partition coefficient (Wildman–Crippen LogP) is 6.86. The first kappa shape index (κ1) is 32.2. The molecule has 0 aliphatic heterocycles. The summed E-state index contributed by atoms with van der Waals surface area (Å²) < 4.78 is 18.8. The molecule has 217 valence electrons. The second kappa shape index (κ2) is 15.2. The summed E-state index contributed by atoms with van der Waals surface area (Å²) in [6, 6.07) is 27.2. The summed E-state index contributed by atoms with van der Waals surface area (Å²) in [6.07, 6.45) is 3.50. The van der Waals surface area contributed by atoms with E-state index in [0.717, 1.165) is 41.9 Å². The predicted molar refractivity (Wildman–Crippen MR) is 170 cm³/mol. The van der Waals surface area contributed by atoms with Crippen LogP contribution in [0.4, 0.5) is 0 Å². The van der Waals surface area contributed by atoms with Gasteiger partial charge in [-0.3, -0.25) is 19.6 Å². The molecule has 0 saturated carbocycles. The van der Waals surface area contributed by atoms with E-state index < -0.39 is 26.4 Å². The number of carbonyl (C=O) groups is 2. The van der Waals surface area contributed by atoms with E-state index in [1.807, 2.05) is 30.3 Å². The number of rotatable bonds is 1. The molecule has 1 aliphatic carbocycles. The van der Waals surface area contributed by atoms with Crippen molar-refractivity contribution in [3.05, 3.63) is 117 Å². The number of benzene rings is 5. The normalized spacial score (nSPS) is 11.3. The third kappa shape index (κ3) is 7.10. The summed E-state index contributed by atoms with van der Waals surface area (Å²) in [5.41, 5.74) is 14.4. The fraction of sp³-hybridized carbons (Fsp3) is 0.0625. The SMILES string of the molecule is Brc1ccc2c(c1)c1ccccc1c1nccnc21.NCCN.O=C1C(=O)c2ccc(Br)cc2-c2ccccc21.[O]=[Mn]=[O]. The molecule has 8 nitrogen and oxygen atoms in total. The number of halogens is 2. The first-order valence-corrected chi connectivity index (χ1v) is 15.4. The fourth-order valence-electron chi connectivity index (χ4n) is 4.70. The zero-order valence-corrected chi connectivity index (χ0v) is 26.8. The van der Waals surface area contributed by atoms with Crippen molar-refractivity contribution < 1.29 is 32.1 Å². The van der Waals surface area contributed by atoms with Crippen molar-refractivity contribution in [2.75, 3.05) is 13.1 Å². The average molecular weight is 743 g/mol. The minimum atomic E-state index is -1.44. The molecule has 0 fully saturated rings. The molecule has 0 radical (unpaired) electrons. The summed E-state index contributed by atoms with van der Waals surface area (Å²) in [4.78, 5) is 32.8. The van der Waals surface area contributed by atoms with Gasteiger partial charge in [-0.05, 0) is 52.2 Å². The zero-order valence-electron chi connectivity index (χ0n) is 22.5. The van der Waals surface area contributed by atoms with Gasteiger partial charge in [0.1, 0.15) is 0 Å². The molecule has 0 saturated heterocycles. The maximum atomic E-state index is 11.9. The van der Waals surface area contributed by atoms with Gasteiger partial charge in [0.15, 0.2) is 0 Å². The van der Waals surface area contributed by atoms with E-state index in [9.17, 15) is 9.59 Å². The van der Waals surface area contributed by atoms with Gasteiger partial charge in [0.05, 0.1) is 11.0 Å². The number of Topliss-reactive ketones (excluding diaryl/α,β-unsaturated/α-hetero) is 2. The van der Waals surface area contributed by atoms with Crippen LogP contribution in [0.15, 0.2) is 106 Å². The van der Waals surface area contributed by atoms with Crippen molar-refractivity contribution in [3.63, 3.8) is 0 Å². The van der Waals surface area contributed by atoms with Crippen LogP contribution in [-0.4, -0.2) is 34.6 Å². The van der Waals surface area contributed by atoms with E-state index in [-0.39, 0.29) is 0 Å². The van der Waals surface area contributed by atoms with E-state index >= 15 is 0 Å². The number of hydrogen-bond acceptors (Lipinski definition) is 8. The molecule has 0 bridgehead atoms. The number of hydrogen-bond donors (Lipinski definition) is 2.